The lowest BCUT2D eigenvalue weighted by Crippen LogP contribution is -2.26. The summed E-state index contributed by atoms with van der Waals surface area (Å²) in [7, 11) is 1.64. The molecule has 0 aliphatic carbocycles. The molecule has 2 N–H and O–H groups in total. The van der Waals surface area contributed by atoms with E-state index < -0.39 is 0 Å². The molecule has 0 aliphatic rings. The van der Waals surface area contributed by atoms with Crippen molar-refractivity contribution < 1.29 is 9.53 Å². The number of pyridine rings is 1. The molecule has 2 aromatic carbocycles. The van der Waals surface area contributed by atoms with Crippen molar-refractivity contribution in [3.05, 3.63) is 83.7 Å². The number of benzene rings is 2. The van der Waals surface area contributed by atoms with E-state index in [0.717, 1.165) is 35.5 Å². The van der Waals surface area contributed by atoms with E-state index in [1.807, 2.05) is 42.5 Å². The molecule has 1 heterocycles. The van der Waals surface area contributed by atoms with E-state index >= 15 is 0 Å². The van der Waals surface area contributed by atoms with Crippen molar-refractivity contribution >= 4 is 17.3 Å². The van der Waals surface area contributed by atoms with E-state index in [2.05, 4.69) is 34.7 Å². The van der Waals surface area contributed by atoms with Gasteiger partial charge in [0.1, 0.15) is 11.4 Å². The first kappa shape index (κ1) is 19.4. The van der Waals surface area contributed by atoms with Crippen LogP contribution in [0.5, 0.6) is 5.75 Å². The first-order valence-electron chi connectivity index (χ1n) is 9.41. The van der Waals surface area contributed by atoms with Crippen LogP contribution in [-0.4, -0.2) is 24.5 Å². The van der Waals surface area contributed by atoms with Gasteiger partial charge in [-0.3, -0.25) is 9.78 Å². The van der Waals surface area contributed by atoms with Gasteiger partial charge in [0.2, 0.25) is 0 Å². The van der Waals surface area contributed by atoms with Crippen LogP contribution in [0, 0.1) is 0 Å². The van der Waals surface area contributed by atoms with Gasteiger partial charge in [0.05, 0.1) is 7.11 Å². The van der Waals surface area contributed by atoms with Gasteiger partial charge < -0.3 is 15.4 Å². The van der Waals surface area contributed by atoms with Gasteiger partial charge in [-0.1, -0.05) is 31.2 Å². The number of methoxy groups -OCH3 is 1. The Morgan fingerprint density at radius 2 is 1.82 bits per heavy atom. The fourth-order valence-corrected chi connectivity index (χ4v) is 2.86. The molecule has 0 bridgehead atoms. The number of rotatable bonds is 8. The molecule has 3 aromatic rings. The van der Waals surface area contributed by atoms with Crippen LogP contribution in [-0.2, 0) is 12.8 Å². The number of aromatic nitrogens is 1. The Labute approximate surface area is 165 Å². The van der Waals surface area contributed by atoms with Crippen LogP contribution >= 0.6 is 0 Å². The number of amides is 1. The Hall–Kier alpha value is -3.34. The zero-order valence-corrected chi connectivity index (χ0v) is 16.2. The number of hydrogen-bond donors (Lipinski definition) is 2. The summed E-state index contributed by atoms with van der Waals surface area (Å²) in [5, 5.41) is 6.23. The number of anilines is 2. The molecule has 3 rings (SSSR count). The standard InChI is InChI=1S/C23H25N3O2/c1-3-17-7-9-19(10-8-17)26-20-12-14-24-22(16-20)23(27)25-13-11-18-5-4-6-21(15-18)28-2/h4-10,12,14-16H,3,11,13H2,1-2H3,(H,24,26)(H,25,27). The van der Waals surface area contributed by atoms with Crippen LogP contribution in [0.15, 0.2) is 66.9 Å². The van der Waals surface area contributed by atoms with E-state index in [4.69, 9.17) is 4.74 Å². The highest BCUT2D eigenvalue weighted by Gasteiger charge is 2.08. The molecule has 0 atom stereocenters. The molecule has 5 nitrogen and oxygen atoms in total. The topological polar surface area (TPSA) is 63.2 Å². The summed E-state index contributed by atoms with van der Waals surface area (Å²) in [6.07, 6.45) is 3.37. The summed E-state index contributed by atoms with van der Waals surface area (Å²) in [6.45, 7) is 2.66. The molecule has 0 spiro atoms. The van der Waals surface area contributed by atoms with E-state index in [0.29, 0.717) is 12.2 Å². The van der Waals surface area contributed by atoms with E-state index in [-0.39, 0.29) is 5.91 Å². The highest BCUT2D eigenvalue weighted by molar-refractivity contribution is 5.93. The zero-order chi connectivity index (χ0) is 19.8. The number of nitrogens with one attached hydrogen (secondary N) is 2. The van der Waals surface area contributed by atoms with E-state index in [9.17, 15) is 4.79 Å². The number of carbonyl (C=O) groups is 1. The van der Waals surface area contributed by atoms with Crippen LogP contribution < -0.4 is 15.4 Å². The molecule has 0 saturated heterocycles. The summed E-state index contributed by atoms with van der Waals surface area (Å²) in [6, 6.07) is 19.7. The summed E-state index contributed by atoms with van der Waals surface area (Å²) >= 11 is 0. The highest BCUT2D eigenvalue weighted by atomic mass is 16.5. The molecule has 0 radical (unpaired) electrons. The second-order valence-electron chi connectivity index (χ2n) is 6.46. The second-order valence-corrected chi connectivity index (χ2v) is 6.46. The summed E-state index contributed by atoms with van der Waals surface area (Å²) in [5.74, 6) is 0.629. The number of carbonyl (C=O) groups excluding carboxylic acids is 1. The molecule has 5 heteroatoms. The average molecular weight is 375 g/mol. The van der Waals surface area contributed by atoms with Gasteiger partial charge in [0.25, 0.3) is 5.91 Å². The van der Waals surface area contributed by atoms with Gasteiger partial charge >= 0.3 is 0 Å². The maximum Gasteiger partial charge on any atom is 0.269 e. The molecule has 0 aliphatic heterocycles. The lowest BCUT2D eigenvalue weighted by atomic mass is 10.1. The minimum absolute atomic E-state index is 0.187. The van der Waals surface area contributed by atoms with Gasteiger partial charge in [0, 0.05) is 24.1 Å². The Kier molecular flexibility index (Phi) is 6.63. The predicted molar refractivity (Wildman–Crippen MR) is 112 cm³/mol. The summed E-state index contributed by atoms with van der Waals surface area (Å²) in [4.78, 5) is 16.6. The zero-order valence-electron chi connectivity index (χ0n) is 16.2. The number of aryl methyl sites for hydroxylation is 1. The molecule has 1 amide bonds. The fourth-order valence-electron chi connectivity index (χ4n) is 2.86. The SMILES string of the molecule is CCc1ccc(Nc2ccnc(C(=O)NCCc3cccc(OC)c3)c2)cc1. The van der Waals surface area contributed by atoms with Crippen LogP contribution in [0.3, 0.4) is 0 Å². The van der Waals surface area contributed by atoms with Crippen LogP contribution in [0.4, 0.5) is 11.4 Å². The molecule has 1 aromatic heterocycles. The fraction of sp³-hybridized carbons (Fsp3) is 0.217. The maximum absolute atomic E-state index is 12.4. The molecule has 28 heavy (non-hydrogen) atoms. The molecular weight excluding hydrogens is 350 g/mol. The third kappa shape index (κ3) is 5.33. The maximum atomic E-state index is 12.4. The average Bonchev–Trinajstić information content (AvgIpc) is 2.74. The van der Waals surface area contributed by atoms with Crippen molar-refractivity contribution in [2.75, 3.05) is 19.0 Å². The first-order valence-corrected chi connectivity index (χ1v) is 9.41. The quantitative estimate of drug-likeness (QED) is 0.614. The molecule has 0 saturated carbocycles. The largest absolute Gasteiger partial charge is 0.497 e. The minimum atomic E-state index is -0.187. The Morgan fingerprint density at radius 3 is 2.57 bits per heavy atom. The van der Waals surface area contributed by atoms with Crippen molar-refractivity contribution in [1.82, 2.24) is 10.3 Å². The monoisotopic (exact) mass is 375 g/mol. The Balaban J connectivity index is 1.56. The van der Waals surface area contributed by atoms with Crippen LogP contribution in [0.2, 0.25) is 0 Å². The van der Waals surface area contributed by atoms with Gasteiger partial charge in [-0.05, 0) is 60.4 Å². The minimum Gasteiger partial charge on any atom is -0.497 e. The van der Waals surface area contributed by atoms with Crippen LogP contribution in [0.1, 0.15) is 28.5 Å². The number of hydrogen-bond acceptors (Lipinski definition) is 4. The summed E-state index contributed by atoms with van der Waals surface area (Å²) < 4.78 is 5.22. The number of ether oxygens (including phenoxy) is 1. The van der Waals surface area contributed by atoms with Crippen molar-refractivity contribution in [2.45, 2.75) is 19.8 Å². The van der Waals surface area contributed by atoms with Gasteiger partial charge in [-0.15, -0.1) is 0 Å². The van der Waals surface area contributed by atoms with E-state index in [1.54, 1.807) is 19.4 Å². The molecule has 144 valence electrons. The summed E-state index contributed by atoms with van der Waals surface area (Å²) in [5.41, 5.74) is 4.60. The van der Waals surface area contributed by atoms with Crippen molar-refractivity contribution in [1.29, 1.82) is 0 Å². The first-order chi connectivity index (χ1) is 13.7. The van der Waals surface area contributed by atoms with Crippen LogP contribution in [0.25, 0.3) is 0 Å². The lowest BCUT2D eigenvalue weighted by Gasteiger charge is -2.09. The predicted octanol–water partition coefficient (Wildman–Crippen LogP) is 4.37. The van der Waals surface area contributed by atoms with E-state index in [1.165, 1.54) is 5.56 Å². The number of nitrogens with zero attached hydrogens (tertiary/aromatic N) is 1. The lowest BCUT2D eigenvalue weighted by molar-refractivity contribution is 0.0949. The van der Waals surface area contributed by atoms with Gasteiger partial charge in [-0.25, -0.2) is 0 Å². The van der Waals surface area contributed by atoms with Gasteiger partial charge in [-0.2, -0.15) is 0 Å². The third-order valence-corrected chi connectivity index (χ3v) is 4.48. The normalized spacial score (nSPS) is 10.4. The third-order valence-electron chi connectivity index (χ3n) is 4.48. The van der Waals surface area contributed by atoms with Gasteiger partial charge in [0.15, 0.2) is 0 Å². The highest BCUT2D eigenvalue weighted by Crippen LogP contribution is 2.18. The van der Waals surface area contributed by atoms with Crippen molar-refractivity contribution in [3.8, 4) is 5.75 Å². The van der Waals surface area contributed by atoms with Crippen molar-refractivity contribution in [2.24, 2.45) is 0 Å². The smallest absolute Gasteiger partial charge is 0.269 e. The van der Waals surface area contributed by atoms with Crippen molar-refractivity contribution in [3.63, 3.8) is 0 Å². The Bertz CT molecular complexity index is 923. The molecule has 0 unspecified atom stereocenters. The Morgan fingerprint density at radius 1 is 1.00 bits per heavy atom. The molecule has 0 fully saturated rings. The molecular formula is C23H25N3O2. The second kappa shape index (κ2) is 9.55.